The number of fused-ring (bicyclic) bond motifs is 1. The fourth-order valence-electron chi connectivity index (χ4n) is 3.36. The van der Waals surface area contributed by atoms with E-state index in [1.807, 2.05) is 72.9 Å². The maximum absolute atomic E-state index is 12.4. The van der Waals surface area contributed by atoms with Crippen LogP contribution in [0.4, 0.5) is 0 Å². The predicted octanol–water partition coefficient (Wildman–Crippen LogP) is 5.45. The lowest BCUT2D eigenvalue weighted by Crippen LogP contribution is -2.25. The summed E-state index contributed by atoms with van der Waals surface area (Å²) in [6.07, 6.45) is 3.35. The van der Waals surface area contributed by atoms with Crippen molar-refractivity contribution in [1.29, 1.82) is 0 Å². The maximum Gasteiger partial charge on any atom is 0.251 e. The van der Waals surface area contributed by atoms with E-state index < -0.39 is 0 Å². The van der Waals surface area contributed by atoms with Gasteiger partial charge in [-0.05, 0) is 53.3 Å². The van der Waals surface area contributed by atoms with Crippen molar-refractivity contribution in [1.82, 2.24) is 10.3 Å². The van der Waals surface area contributed by atoms with Gasteiger partial charge in [0.2, 0.25) is 0 Å². The molecule has 0 saturated heterocycles. The first-order valence-corrected chi connectivity index (χ1v) is 10.0. The number of hydrogen-bond acceptors (Lipinski definition) is 2. The smallest absolute Gasteiger partial charge is 0.251 e. The Kier molecular flexibility index (Phi) is 5.87. The summed E-state index contributed by atoms with van der Waals surface area (Å²) in [6, 6.07) is 25.7. The van der Waals surface area contributed by atoms with Crippen molar-refractivity contribution in [3.05, 3.63) is 112 Å². The summed E-state index contributed by atoms with van der Waals surface area (Å²) in [7, 11) is 0. The Morgan fingerprint density at radius 2 is 1.59 bits per heavy atom. The van der Waals surface area contributed by atoms with Crippen LogP contribution >= 0.6 is 11.6 Å². The lowest BCUT2D eigenvalue weighted by molar-refractivity contribution is 0.0954. The standard InChI is InChI=1S/C25H21ClN2O/c26-22-11-7-18(8-12-22)13-15-28-25(29)21-9-5-19(6-10-21)17-24-23-4-2-1-3-20(23)14-16-27-24/h1-12,14,16H,13,15,17H2,(H,28,29). The van der Waals surface area contributed by atoms with Gasteiger partial charge in [0.25, 0.3) is 5.91 Å². The van der Waals surface area contributed by atoms with Crippen LogP contribution in [0.15, 0.2) is 85.1 Å². The van der Waals surface area contributed by atoms with E-state index in [-0.39, 0.29) is 5.91 Å². The van der Waals surface area contributed by atoms with E-state index in [2.05, 4.69) is 22.4 Å². The summed E-state index contributed by atoms with van der Waals surface area (Å²) >= 11 is 5.89. The number of carbonyl (C=O) groups excluding carboxylic acids is 1. The van der Waals surface area contributed by atoms with Gasteiger partial charge in [0.05, 0.1) is 5.69 Å². The average Bonchev–Trinajstić information content (AvgIpc) is 2.76. The van der Waals surface area contributed by atoms with Crippen molar-refractivity contribution in [2.75, 3.05) is 6.54 Å². The second-order valence-corrected chi connectivity index (χ2v) is 7.42. The molecule has 0 unspecified atom stereocenters. The molecule has 3 aromatic carbocycles. The Hall–Kier alpha value is -3.17. The molecule has 1 amide bonds. The number of hydrogen-bond donors (Lipinski definition) is 1. The molecule has 4 aromatic rings. The quantitative estimate of drug-likeness (QED) is 0.467. The normalized spacial score (nSPS) is 10.8. The monoisotopic (exact) mass is 400 g/mol. The van der Waals surface area contributed by atoms with Crippen LogP contribution in [0, 0.1) is 0 Å². The Labute approximate surface area is 175 Å². The SMILES string of the molecule is O=C(NCCc1ccc(Cl)cc1)c1ccc(Cc2nccc3ccccc23)cc1. The number of aromatic nitrogens is 1. The molecule has 29 heavy (non-hydrogen) atoms. The molecule has 1 N–H and O–H groups in total. The van der Waals surface area contributed by atoms with Gasteiger partial charge in [-0.3, -0.25) is 9.78 Å². The highest BCUT2D eigenvalue weighted by Gasteiger charge is 2.07. The molecule has 0 bridgehead atoms. The zero-order valence-corrected chi connectivity index (χ0v) is 16.7. The van der Waals surface area contributed by atoms with Gasteiger partial charge in [-0.15, -0.1) is 0 Å². The van der Waals surface area contributed by atoms with E-state index in [1.54, 1.807) is 0 Å². The Morgan fingerprint density at radius 1 is 0.862 bits per heavy atom. The minimum absolute atomic E-state index is 0.0613. The van der Waals surface area contributed by atoms with Gasteiger partial charge in [0.1, 0.15) is 0 Å². The number of halogens is 1. The number of amides is 1. The summed E-state index contributed by atoms with van der Waals surface area (Å²) in [6.45, 7) is 0.585. The number of nitrogens with zero attached hydrogens (tertiary/aromatic N) is 1. The van der Waals surface area contributed by atoms with Gasteiger partial charge in [-0.1, -0.05) is 60.1 Å². The summed E-state index contributed by atoms with van der Waals surface area (Å²) in [4.78, 5) is 16.9. The number of rotatable bonds is 6. The lowest BCUT2D eigenvalue weighted by atomic mass is 10.0. The average molecular weight is 401 g/mol. The highest BCUT2D eigenvalue weighted by atomic mass is 35.5. The summed E-state index contributed by atoms with van der Waals surface area (Å²) < 4.78 is 0. The third-order valence-electron chi connectivity index (χ3n) is 4.96. The zero-order chi connectivity index (χ0) is 20.1. The van der Waals surface area contributed by atoms with Crippen LogP contribution in [0.25, 0.3) is 10.8 Å². The van der Waals surface area contributed by atoms with Crippen LogP contribution in [-0.2, 0) is 12.8 Å². The van der Waals surface area contributed by atoms with Gasteiger partial charge < -0.3 is 5.32 Å². The molecule has 0 aliphatic carbocycles. The van der Waals surface area contributed by atoms with E-state index in [1.165, 1.54) is 10.8 Å². The molecule has 0 fully saturated rings. The molecule has 4 heteroatoms. The first kappa shape index (κ1) is 19.2. The second-order valence-electron chi connectivity index (χ2n) is 6.98. The molecular formula is C25H21ClN2O. The van der Waals surface area contributed by atoms with Crippen LogP contribution in [0.1, 0.15) is 27.2 Å². The van der Waals surface area contributed by atoms with Gasteiger partial charge in [-0.2, -0.15) is 0 Å². The third-order valence-corrected chi connectivity index (χ3v) is 5.21. The van der Waals surface area contributed by atoms with Crippen LogP contribution in [0.2, 0.25) is 5.02 Å². The van der Waals surface area contributed by atoms with E-state index >= 15 is 0 Å². The molecule has 0 spiro atoms. The predicted molar refractivity (Wildman–Crippen MR) is 118 cm³/mol. The minimum Gasteiger partial charge on any atom is -0.352 e. The molecule has 0 saturated carbocycles. The summed E-state index contributed by atoms with van der Waals surface area (Å²) in [5, 5.41) is 6.04. The topological polar surface area (TPSA) is 42.0 Å². The number of carbonyl (C=O) groups is 1. The minimum atomic E-state index is -0.0613. The molecule has 0 radical (unpaired) electrons. The van der Waals surface area contributed by atoms with Crippen molar-refractivity contribution in [2.24, 2.45) is 0 Å². The van der Waals surface area contributed by atoms with Crippen LogP contribution < -0.4 is 5.32 Å². The number of nitrogens with one attached hydrogen (secondary N) is 1. The largest absolute Gasteiger partial charge is 0.352 e. The number of benzene rings is 3. The van der Waals surface area contributed by atoms with E-state index in [0.717, 1.165) is 34.7 Å². The van der Waals surface area contributed by atoms with E-state index in [9.17, 15) is 4.79 Å². The Balaban J connectivity index is 1.37. The first-order chi connectivity index (χ1) is 14.2. The van der Waals surface area contributed by atoms with Crippen LogP contribution in [-0.4, -0.2) is 17.4 Å². The highest BCUT2D eigenvalue weighted by molar-refractivity contribution is 6.30. The van der Waals surface area contributed by atoms with Crippen molar-refractivity contribution in [3.8, 4) is 0 Å². The molecule has 1 aromatic heterocycles. The van der Waals surface area contributed by atoms with Crippen molar-refractivity contribution < 1.29 is 4.79 Å². The molecule has 0 aliphatic heterocycles. The van der Waals surface area contributed by atoms with Gasteiger partial charge >= 0.3 is 0 Å². The van der Waals surface area contributed by atoms with Gasteiger partial charge in [0.15, 0.2) is 0 Å². The van der Waals surface area contributed by atoms with E-state index in [0.29, 0.717) is 12.1 Å². The molecule has 4 rings (SSSR count). The van der Waals surface area contributed by atoms with Crippen LogP contribution in [0.3, 0.4) is 0 Å². The molecular weight excluding hydrogens is 380 g/mol. The van der Waals surface area contributed by atoms with Gasteiger partial charge in [-0.25, -0.2) is 0 Å². The van der Waals surface area contributed by atoms with Crippen molar-refractivity contribution >= 4 is 28.3 Å². The molecule has 0 aliphatic rings. The third kappa shape index (κ3) is 4.82. The van der Waals surface area contributed by atoms with E-state index in [4.69, 9.17) is 11.6 Å². The number of pyridine rings is 1. The fraction of sp³-hybridized carbons (Fsp3) is 0.120. The first-order valence-electron chi connectivity index (χ1n) is 9.63. The van der Waals surface area contributed by atoms with Gasteiger partial charge in [0, 0.05) is 35.1 Å². The molecule has 3 nitrogen and oxygen atoms in total. The highest BCUT2D eigenvalue weighted by Crippen LogP contribution is 2.19. The lowest BCUT2D eigenvalue weighted by Gasteiger charge is -2.08. The Morgan fingerprint density at radius 3 is 2.38 bits per heavy atom. The Bertz CT molecular complexity index is 1120. The summed E-state index contributed by atoms with van der Waals surface area (Å²) in [5.41, 5.74) is 3.98. The molecule has 0 atom stereocenters. The van der Waals surface area contributed by atoms with Crippen LogP contribution in [0.5, 0.6) is 0 Å². The van der Waals surface area contributed by atoms with Crippen molar-refractivity contribution in [2.45, 2.75) is 12.8 Å². The molecule has 1 heterocycles. The maximum atomic E-state index is 12.4. The fourth-order valence-corrected chi connectivity index (χ4v) is 3.49. The second kappa shape index (κ2) is 8.89. The zero-order valence-electron chi connectivity index (χ0n) is 15.9. The summed E-state index contributed by atoms with van der Waals surface area (Å²) in [5.74, 6) is -0.0613. The van der Waals surface area contributed by atoms with Crippen molar-refractivity contribution in [3.63, 3.8) is 0 Å². The molecule has 144 valence electrons.